The number of para-hydroxylation sites is 1. The summed E-state index contributed by atoms with van der Waals surface area (Å²) in [4.78, 5) is 15.4. The van der Waals surface area contributed by atoms with Crippen molar-refractivity contribution < 1.29 is 4.79 Å². The average Bonchev–Trinajstić information content (AvgIpc) is 2.51. The summed E-state index contributed by atoms with van der Waals surface area (Å²) >= 11 is 1.89. The van der Waals surface area contributed by atoms with Crippen LogP contribution >= 0.6 is 11.8 Å². The van der Waals surface area contributed by atoms with Crippen LogP contribution in [0, 0.1) is 0 Å². The van der Waals surface area contributed by atoms with Crippen molar-refractivity contribution in [2.45, 2.75) is 62.7 Å². The number of anilines is 1. The van der Waals surface area contributed by atoms with Crippen molar-refractivity contribution in [3.63, 3.8) is 0 Å². The summed E-state index contributed by atoms with van der Waals surface area (Å²) in [6.45, 7) is 0. The second-order valence-corrected chi connectivity index (χ2v) is 6.98. The molecule has 1 heterocycles. The SMILES string of the molecule is CN1C(=O)CCCCCCCCCCSc2ccccc21. The standard InChI is InChI=1S/C18H27NOS/c1-19-16-12-9-10-13-17(16)21-15-11-7-5-3-2-4-6-8-14-18(19)20/h9-10,12-13H,2-8,11,14-15H2,1H3. The fourth-order valence-corrected chi connectivity index (χ4v) is 3.88. The van der Waals surface area contributed by atoms with Gasteiger partial charge in [0.05, 0.1) is 5.69 Å². The molecule has 1 amide bonds. The van der Waals surface area contributed by atoms with Gasteiger partial charge in [-0.2, -0.15) is 0 Å². The van der Waals surface area contributed by atoms with Crippen molar-refractivity contribution in [2.75, 3.05) is 17.7 Å². The molecule has 0 saturated heterocycles. The van der Waals surface area contributed by atoms with Crippen LogP contribution in [0.25, 0.3) is 0 Å². The smallest absolute Gasteiger partial charge is 0.226 e. The van der Waals surface area contributed by atoms with E-state index in [4.69, 9.17) is 0 Å². The molecule has 2 rings (SSSR count). The number of benzene rings is 1. The Morgan fingerprint density at radius 3 is 2.29 bits per heavy atom. The molecule has 0 radical (unpaired) electrons. The molecule has 1 aliphatic heterocycles. The van der Waals surface area contributed by atoms with E-state index in [1.54, 1.807) is 0 Å². The summed E-state index contributed by atoms with van der Waals surface area (Å²) in [5, 5.41) is 0. The molecule has 0 spiro atoms. The van der Waals surface area contributed by atoms with Gasteiger partial charge < -0.3 is 4.90 Å². The van der Waals surface area contributed by atoms with Crippen LogP contribution in [0.5, 0.6) is 0 Å². The van der Waals surface area contributed by atoms with Crippen molar-refractivity contribution in [1.82, 2.24) is 0 Å². The van der Waals surface area contributed by atoms with Gasteiger partial charge in [0.15, 0.2) is 0 Å². The Kier molecular flexibility index (Phi) is 7.14. The highest BCUT2D eigenvalue weighted by atomic mass is 32.2. The van der Waals surface area contributed by atoms with Crippen LogP contribution < -0.4 is 4.90 Å². The Labute approximate surface area is 133 Å². The van der Waals surface area contributed by atoms with Gasteiger partial charge in [0, 0.05) is 18.4 Å². The van der Waals surface area contributed by atoms with Crippen molar-refractivity contribution in [1.29, 1.82) is 0 Å². The van der Waals surface area contributed by atoms with E-state index in [1.165, 1.54) is 49.8 Å². The first-order valence-electron chi connectivity index (χ1n) is 8.27. The Bertz CT molecular complexity index is 447. The predicted octanol–water partition coefficient (Wildman–Crippen LogP) is 5.27. The monoisotopic (exact) mass is 305 g/mol. The van der Waals surface area contributed by atoms with Gasteiger partial charge in [-0.1, -0.05) is 50.7 Å². The number of carbonyl (C=O) groups excluding carboxylic acids is 1. The molecule has 1 aromatic carbocycles. The summed E-state index contributed by atoms with van der Waals surface area (Å²) in [7, 11) is 1.92. The first kappa shape index (κ1) is 16.4. The summed E-state index contributed by atoms with van der Waals surface area (Å²) in [6.07, 6.45) is 10.8. The molecule has 21 heavy (non-hydrogen) atoms. The van der Waals surface area contributed by atoms with Gasteiger partial charge in [-0.15, -0.1) is 11.8 Å². The van der Waals surface area contributed by atoms with Crippen LogP contribution in [0.15, 0.2) is 29.2 Å². The minimum Gasteiger partial charge on any atom is -0.314 e. The maximum Gasteiger partial charge on any atom is 0.226 e. The highest BCUT2D eigenvalue weighted by molar-refractivity contribution is 7.99. The van der Waals surface area contributed by atoms with Crippen molar-refractivity contribution >= 4 is 23.4 Å². The van der Waals surface area contributed by atoms with Gasteiger partial charge in [0.1, 0.15) is 0 Å². The third-order valence-corrected chi connectivity index (χ3v) is 5.29. The molecule has 2 nitrogen and oxygen atoms in total. The topological polar surface area (TPSA) is 20.3 Å². The van der Waals surface area contributed by atoms with E-state index >= 15 is 0 Å². The highest BCUT2D eigenvalue weighted by Crippen LogP contribution is 2.31. The number of carbonyl (C=O) groups is 1. The van der Waals surface area contributed by atoms with E-state index in [-0.39, 0.29) is 5.91 Å². The lowest BCUT2D eigenvalue weighted by molar-refractivity contribution is -0.118. The number of hydrogen-bond donors (Lipinski definition) is 0. The van der Waals surface area contributed by atoms with Crippen LogP contribution in [0.1, 0.15) is 57.8 Å². The Balaban J connectivity index is 2.06. The molecule has 0 unspecified atom stereocenters. The average molecular weight is 305 g/mol. The number of hydrogen-bond acceptors (Lipinski definition) is 2. The fourth-order valence-electron chi connectivity index (χ4n) is 2.78. The predicted molar refractivity (Wildman–Crippen MR) is 92.1 cm³/mol. The minimum atomic E-state index is 0.248. The summed E-state index contributed by atoms with van der Waals surface area (Å²) in [6, 6.07) is 8.30. The molecular weight excluding hydrogens is 278 g/mol. The molecule has 1 aromatic rings. The summed E-state index contributed by atoms with van der Waals surface area (Å²) in [5.74, 6) is 1.40. The molecule has 0 atom stereocenters. The van der Waals surface area contributed by atoms with Crippen LogP contribution in [0.2, 0.25) is 0 Å². The molecule has 0 saturated carbocycles. The molecule has 1 aliphatic rings. The fraction of sp³-hybridized carbons (Fsp3) is 0.611. The van der Waals surface area contributed by atoms with Gasteiger partial charge >= 0.3 is 0 Å². The van der Waals surface area contributed by atoms with E-state index in [9.17, 15) is 4.79 Å². The van der Waals surface area contributed by atoms with Crippen molar-refractivity contribution in [3.05, 3.63) is 24.3 Å². The number of amides is 1. The maximum atomic E-state index is 12.3. The third-order valence-electron chi connectivity index (χ3n) is 4.14. The zero-order chi connectivity index (χ0) is 14.9. The quantitative estimate of drug-likeness (QED) is 0.651. The first-order valence-corrected chi connectivity index (χ1v) is 9.26. The lowest BCUT2D eigenvalue weighted by Gasteiger charge is -2.20. The van der Waals surface area contributed by atoms with Gasteiger partial charge in [-0.05, 0) is 30.7 Å². The maximum absolute atomic E-state index is 12.3. The molecule has 116 valence electrons. The lowest BCUT2D eigenvalue weighted by Crippen LogP contribution is -2.26. The summed E-state index contributed by atoms with van der Waals surface area (Å²) in [5.41, 5.74) is 1.07. The highest BCUT2D eigenvalue weighted by Gasteiger charge is 2.14. The molecule has 0 aromatic heterocycles. The lowest BCUT2D eigenvalue weighted by atomic mass is 10.1. The van der Waals surface area contributed by atoms with E-state index < -0.39 is 0 Å². The van der Waals surface area contributed by atoms with Gasteiger partial charge in [0.25, 0.3) is 0 Å². The van der Waals surface area contributed by atoms with E-state index in [1.807, 2.05) is 29.8 Å². The molecular formula is C18H27NOS. The van der Waals surface area contributed by atoms with Crippen LogP contribution in [0.3, 0.4) is 0 Å². The number of fused-ring (bicyclic) bond motifs is 1. The zero-order valence-corrected chi connectivity index (χ0v) is 14.0. The van der Waals surface area contributed by atoms with E-state index in [0.29, 0.717) is 6.42 Å². The van der Waals surface area contributed by atoms with Crippen LogP contribution in [-0.2, 0) is 4.79 Å². The number of thioether (sulfide) groups is 1. The Morgan fingerprint density at radius 2 is 1.52 bits per heavy atom. The van der Waals surface area contributed by atoms with Gasteiger partial charge in [-0.25, -0.2) is 0 Å². The molecule has 0 fully saturated rings. The largest absolute Gasteiger partial charge is 0.314 e. The number of rotatable bonds is 0. The molecule has 0 bridgehead atoms. The first-order chi connectivity index (χ1) is 10.3. The normalized spacial score (nSPS) is 19.5. The zero-order valence-electron chi connectivity index (χ0n) is 13.1. The molecule has 0 aliphatic carbocycles. The van der Waals surface area contributed by atoms with Crippen LogP contribution in [-0.4, -0.2) is 18.7 Å². The van der Waals surface area contributed by atoms with Gasteiger partial charge in [-0.3, -0.25) is 4.79 Å². The van der Waals surface area contributed by atoms with Crippen LogP contribution in [0.4, 0.5) is 5.69 Å². The minimum absolute atomic E-state index is 0.248. The third kappa shape index (κ3) is 5.39. The number of nitrogens with zero attached hydrogens (tertiary/aromatic N) is 1. The van der Waals surface area contributed by atoms with Gasteiger partial charge in [0.2, 0.25) is 5.91 Å². The molecule has 3 heteroatoms. The summed E-state index contributed by atoms with van der Waals surface area (Å²) < 4.78 is 0. The van der Waals surface area contributed by atoms with E-state index in [0.717, 1.165) is 17.9 Å². The molecule has 0 N–H and O–H groups in total. The Hall–Kier alpha value is -0.960. The second-order valence-electron chi connectivity index (χ2n) is 5.85. The Morgan fingerprint density at radius 1 is 0.905 bits per heavy atom. The van der Waals surface area contributed by atoms with E-state index in [2.05, 4.69) is 18.2 Å². The second kappa shape index (κ2) is 9.14. The van der Waals surface area contributed by atoms with Crippen molar-refractivity contribution in [3.8, 4) is 0 Å². The van der Waals surface area contributed by atoms with Crippen molar-refractivity contribution in [2.24, 2.45) is 0 Å².